The van der Waals surface area contributed by atoms with Gasteiger partial charge in [0.2, 0.25) is 11.9 Å². The predicted octanol–water partition coefficient (Wildman–Crippen LogP) is 19.4. The van der Waals surface area contributed by atoms with Crippen molar-refractivity contribution in [3.8, 4) is 39.3 Å². The molecule has 3 aromatic heterocycles. The molecule has 3 aliphatic carbocycles. The summed E-state index contributed by atoms with van der Waals surface area (Å²) >= 11 is 0. The Morgan fingerprint density at radius 1 is 0.390 bits per heavy atom. The Morgan fingerprint density at radius 3 is 1.44 bits per heavy atom. The van der Waals surface area contributed by atoms with Crippen LogP contribution in [-0.4, -0.2) is 24.1 Å². The van der Waals surface area contributed by atoms with E-state index >= 15 is 0 Å². The van der Waals surface area contributed by atoms with Gasteiger partial charge in [-0.05, 0) is 136 Å². The van der Waals surface area contributed by atoms with E-state index in [4.69, 9.17) is 15.0 Å². The molecule has 0 N–H and O–H groups in total. The maximum Gasteiger partial charge on any atom is 0.240 e. The zero-order valence-corrected chi connectivity index (χ0v) is 46.2. The van der Waals surface area contributed by atoms with Crippen LogP contribution in [0.3, 0.4) is 0 Å². The van der Waals surface area contributed by atoms with Gasteiger partial charge >= 0.3 is 0 Å². The van der Waals surface area contributed by atoms with E-state index in [1.165, 1.54) is 66.3 Å². The number of anilines is 6. The minimum absolute atomic E-state index is 0.188. The van der Waals surface area contributed by atoms with E-state index in [-0.39, 0.29) is 16.9 Å². The van der Waals surface area contributed by atoms with Crippen molar-refractivity contribution in [1.82, 2.24) is 24.1 Å². The smallest absolute Gasteiger partial charge is 0.240 e. The summed E-state index contributed by atoms with van der Waals surface area (Å²) in [5.41, 5.74) is 20.1. The number of fused-ring (bicyclic) bond motifs is 12. The van der Waals surface area contributed by atoms with Crippen LogP contribution in [-0.2, 0) is 10.8 Å². The van der Waals surface area contributed by atoms with Gasteiger partial charge in [0.25, 0.3) is 0 Å². The van der Waals surface area contributed by atoms with Crippen LogP contribution in [0.2, 0.25) is 0 Å². The standard InChI is InChI=1S/C75H57N7/c1-74(2)63-32-18-14-28-55(63)57-40-36-53(46-65(57)74)79(51-38-42-69-61(44-51)59-30-16-20-34-67(59)81(69)49-24-10-6-11-25-49)72-76-71(48-22-8-5-9-23-48)77-73(78-72)80(54-37-41-58-56-29-15-19-33-64(56)75(3,4)66(58)47-54)52-39-43-70-62(45-52)60-31-17-21-35-68(60)82(70)50-26-12-7-13-27-50/h5-26,28-47,50H,27H2,1-4H3. The normalized spacial score (nSPS) is 15.2. The number of aromatic nitrogens is 5. The molecule has 0 spiro atoms. The van der Waals surface area contributed by atoms with Gasteiger partial charge in [-0.15, -0.1) is 0 Å². The van der Waals surface area contributed by atoms with Crippen LogP contribution in [0, 0.1) is 0 Å². The van der Waals surface area contributed by atoms with Gasteiger partial charge in [-0.1, -0.05) is 198 Å². The lowest BCUT2D eigenvalue weighted by Crippen LogP contribution is -2.21. The largest absolute Gasteiger partial charge is 0.333 e. The van der Waals surface area contributed by atoms with Crippen LogP contribution in [0.4, 0.5) is 34.6 Å². The van der Waals surface area contributed by atoms with Crippen molar-refractivity contribution < 1.29 is 0 Å². The van der Waals surface area contributed by atoms with Gasteiger partial charge in [0.05, 0.1) is 17.1 Å². The minimum atomic E-state index is -0.260. The Kier molecular flexibility index (Phi) is 10.6. The average Bonchev–Trinajstić information content (AvgIpc) is 4.04. The van der Waals surface area contributed by atoms with E-state index in [1.54, 1.807) is 0 Å². The highest BCUT2D eigenvalue weighted by Crippen LogP contribution is 2.53. The van der Waals surface area contributed by atoms with Crippen LogP contribution in [0.25, 0.3) is 82.9 Å². The summed E-state index contributed by atoms with van der Waals surface area (Å²) in [4.78, 5) is 21.6. The molecule has 7 heteroatoms. The van der Waals surface area contributed by atoms with Gasteiger partial charge in [-0.3, -0.25) is 9.80 Å². The molecule has 16 rings (SSSR count). The van der Waals surface area contributed by atoms with Crippen molar-refractivity contribution in [3.63, 3.8) is 0 Å². The first-order valence-corrected chi connectivity index (χ1v) is 28.5. The molecule has 0 saturated heterocycles. The molecule has 0 fully saturated rings. The number of rotatable bonds is 9. The third-order valence-corrected chi connectivity index (χ3v) is 17.9. The highest BCUT2D eigenvalue weighted by Gasteiger charge is 2.38. The molecule has 10 aromatic carbocycles. The lowest BCUT2D eigenvalue weighted by molar-refractivity contribution is 0.648. The average molecular weight is 1060 g/mol. The van der Waals surface area contributed by atoms with Crippen molar-refractivity contribution in [2.45, 2.75) is 51.0 Å². The van der Waals surface area contributed by atoms with E-state index in [0.29, 0.717) is 17.7 Å². The monoisotopic (exact) mass is 1060 g/mol. The summed E-state index contributed by atoms with van der Waals surface area (Å²) in [6, 6.07) is 84.0. The van der Waals surface area contributed by atoms with Gasteiger partial charge in [-0.25, -0.2) is 0 Å². The van der Waals surface area contributed by atoms with Crippen LogP contribution >= 0.6 is 0 Å². The fourth-order valence-corrected chi connectivity index (χ4v) is 13.9. The summed E-state index contributed by atoms with van der Waals surface area (Å²) in [5.74, 6) is 1.56. The summed E-state index contributed by atoms with van der Waals surface area (Å²) in [5, 5.41) is 4.66. The zero-order chi connectivity index (χ0) is 54.8. The van der Waals surface area contributed by atoms with Crippen LogP contribution < -0.4 is 9.80 Å². The molecule has 1 atom stereocenters. The molecule has 7 nitrogen and oxygen atoms in total. The van der Waals surface area contributed by atoms with Gasteiger partial charge in [0.15, 0.2) is 5.82 Å². The summed E-state index contributed by atoms with van der Waals surface area (Å²) < 4.78 is 4.87. The summed E-state index contributed by atoms with van der Waals surface area (Å²) in [7, 11) is 0. The molecule has 0 aliphatic heterocycles. The highest BCUT2D eigenvalue weighted by molar-refractivity contribution is 6.11. The van der Waals surface area contributed by atoms with Crippen molar-refractivity contribution in [2.24, 2.45) is 0 Å². The minimum Gasteiger partial charge on any atom is -0.333 e. The Bertz CT molecular complexity index is 4810. The van der Waals surface area contributed by atoms with E-state index in [2.05, 4.69) is 295 Å². The molecule has 3 heterocycles. The van der Waals surface area contributed by atoms with Crippen LogP contribution in [0.5, 0.6) is 0 Å². The van der Waals surface area contributed by atoms with Gasteiger partial charge in [0.1, 0.15) is 0 Å². The number of hydrogen-bond acceptors (Lipinski definition) is 5. The molecule has 1 unspecified atom stereocenters. The molecular formula is C75H57N7. The van der Waals surface area contributed by atoms with Gasteiger partial charge < -0.3 is 9.13 Å². The third kappa shape index (κ3) is 7.25. The topological polar surface area (TPSA) is 55.0 Å². The molecule has 392 valence electrons. The second-order valence-corrected chi connectivity index (χ2v) is 23.2. The van der Waals surface area contributed by atoms with Gasteiger partial charge in [0, 0.05) is 77.4 Å². The molecule has 3 aliphatic rings. The molecular weight excluding hydrogens is 999 g/mol. The summed E-state index contributed by atoms with van der Waals surface area (Å²) in [6.45, 7) is 9.38. The number of allylic oxidation sites excluding steroid dienone is 4. The second-order valence-electron chi connectivity index (χ2n) is 23.2. The number of nitrogens with zero attached hydrogens (tertiary/aromatic N) is 7. The lowest BCUT2D eigenvalue weighted by atomic mass is 9.82. The first-order valence-electron chi connectivity index (χ1n) is 28.5. The van der Waals surface area contributed by atoms with E-state index in [9.17, 15) is 0 Å². The first kappa shape index (κ1) is 47.9. The van der Waals surface area contributed by atoms with Crippen molar-refractivity contribution in [2.75, 3.05) is 9.80 Å². The molecule has 13 aromatic rings. The lowest BCUT2D eigenvalue weighted by Gasteiger charge is -2.29. The summed E-state index contributed by atoms with van der Waals surface area (Å²) in [6.07, 6.45) is 9.84. The molecule has 0 saturated carbocycles. The number of para-hydroxylation sites is 3. The van der Waals surface area contributed by atoms with E-state index in [0.717, 1.165) is 62.2 Å². The maximum absolute atomic E-state index is 5.82. The van der Waals surface area contributed by atoms with E-state index < -0.39 is 0 Å². The Morgan fingerprint density at radius 2 is 0.841 bits per heavy atom. The Balaban J connectivity index is 0.967. The SMILES string of the molecule is CC1(C)c2ccccc2-c2ccc(N(c3ccc4c(c3)c3ccccc3n4-c3ccccc3)c3nc(-c4ccccc4)nc(N(c4ccc5c(c4)C(C)(C)c4ccccc4-5)c4ccc5c(c4)c4ccccc4n5C4C=CC=CC4)n3)cc21. The second kappa shape index (κ2) is 18.2. The fraction of sp³-hybridized carbons (Fsp3) is 0.107. The number of hydrogen-bond donors (Lipinski definition) is 0. The van der Waals surface area contributed by atoms with Crippen molar-refractivity contribution in [1.29, 1.82) is 0 Å². The maximum atomic E-state index is 5.82. The van der Waals surface area contributed by atoms with Crippen LogP contribution in [0.1, 0.15) is 62.4 Å². The molecule has 0 bridgehead atoms. The van der Waals surface area contributed by atoms with Crippen molar-refractivity contribution in [3.05, 3.63) is 277 Å². The first-order chi connectivity index (χ1) is 40.2. The Hall–Kier alpha value is -10.1. The Labute approximate surface area is 477 Å². The van der Waals surface area contributed by atoms with Crippen molar-refractivity contribution >= 4 is 78.3 Å². The molecule has 82 heavy (non-hydrogen) atoms. The number of benzene rings is 10. The fourth-order valence-electron chi connectivity index (χ4n) is 13.9. The highest BCUT2D eigenvalue weighted by atomic mass is 15.3. The van der Waals surface area contributed by atoms with E-state index in [1.807, 2.05) is 6.07 Å². The third-order valence-electron chi connectivity index (χ3n) is 17.9. The quantitative estimate of drug-likeness (QED) is 0.144. The molecule has 0 amide bonds. The van der Waals surface area contributed by atoms with Gasteiger partial charge in [-0.2, -0.15) is 15.0 Å². The molecule has 0 radical (unpaired) electrons. The zero-order valence-electron chi connectivity index (χ0n) is 46.2. The van der Waals surface area contributed by atoms with Crippen LogP contribution in [0.15, 0.2) is 255 Å². The predicted molar refractivity (Wildman–Crippen MR) is 339 cm³/mol.